The van der Waals surface area contributed by atoms with Crippen LogP contribution in [0.5, 0.6) is 0 Å². The second-order valence-corrected chi connectivity index (χ2v) is 5.53. The van der Waals surface area contributed by atoms with Gasteiger partial charge in [-0.2, -0.15) is 0 Å². The average Bonchev–Trinajstić information content (AvgIpc) is 2.43. The van der Waals surface area contributed by atoms with Gasteiger partial charge >= 0.3 is 5.97 Å². The van der Waals surface area contributed by atoms with Crippen LogP contribution in [-0.4, -0.2) is 11.1 Å². The SMILES string of the molecule is CCCCCCCCCCCCC#CCCCC(=O)O. The highest BCUT2D eigenvalue weighted by Gasteiger charge is 1.93. The molecule has 0 saturated heterocycles. The molecule has 0 aliphatic carbocycles. The second kappa shape index (κ2) is 16.1. The third-order valence-corrected chi connectivity index (χ3v) is 3.47. The van der Waals surface area contributed by atoms with Gasteiger partial charge in [-0.15, -0.1) is 11.8 Å². The molecule has 0 bridgehead atoms. The van der Waals surface area contributed by atoms with Crippen LogP contribution in [0.4, 0.5) is 0 Å². The maximum absolute atomic E-state index is 10.3. The highest BCUT2D eigenvalue weighted by Crippen LogP contribution is 2.10. The first kappa shape index (κ1) is 19.0. The van der Waals surface area contributed by atoms with Crippen molar-refractivity contribution in [3.8, 4) is 11.8 Å². The van der Waals surface area contributed by atoms with E-state index in [9.17, 15) is 4.79 Å². The summed E-state index contributed by atoms with van der Waals surface area (Å²) in [5.74, 6) is 5.48. The molecular weight excluding hydrogens is 248 g/mol. The van der Waals surface area contributed by atoms with Crippen LogP contribution in [0.25, 0.3) is 0 Å². The molecule has 0 aromatic carbocycles. The highest BCUT2D eigenvalue weighted by molar-refractivity contribution is 5.66. The van der Waals surface area contributed by atoms with E-state index in [1.807, 2.05) is 0 Å². The number of carboxylic acids is 1. The number of aliphatic carboxylic acids is 1. The van der Waals surface area contributed by atoms with Crippen molar-refractivity contribution < 1.29 is 9.90 Å². The van der Waals surface area contributed by atoms with Gasteiger partial charge in [0.2, 0.25) is 0 Å². The third kappa shape index (κ3) is 17.0. The van der Waals surface area contributed by atoms with Gasteiger partial charge in [-0.05, 0) is 12.8 Å². The Morgan fingerprint density at radius 1 is 0.750 bits per heavy atom. The van der Waals surface area contributed by atoms with E-state index in [0.717, 1.165) is 12.8 Å². The van der Waals surface area contributed by atoms with Gasteiger partial charge in [0.05, 0.1) is 0 Å². The van der Waals surface area contributed by atoms with Crippen LogP contribution in [0.2, 0.25) is 0 Å². The topological polar surface area (TPSA) is 37.3 Å². The lowest BCUT2D eigenvalue weighted by molar-refractivity contribution is -0.137. The first-order valence-electron chi connectivity index (χ1n) is 8.45. The molecule has 2 heteroatoms. The van der Waals surface area contributed by atoms with Crippen molar-refractivity contribution in [3.63, 3.8) is 0 Å². The first-order valence-corrected chi connectivity index (χ1v) is 8.45. The monoisotopic (exact) mass is 280 g/mol. The molecule has 0 aromatic rings. The standard InChI is InChI=1S/C18H32O2/c1-2-3-4-5-6-7-8-9-10-11-12-13-14-15-16-17-18(19)20/h2-12,15-17H2,1H3,(H,19,20). The average molecular weight is 280 g/mol. The summed E-state index contributed by atoms with van der Waals surface area (Å²) >= 11 is 0. The molecule has 0 atom stereocenters. The molecule has 0 aromatic heterocycles. The van der Waals surface area contributed by atoms with Crippen molar-refractivity contribution in [2.24, 2.45) is 0 Å². The predicted molar refractivity (Wildman–Crippen MR) is 85.7 cm³/mol. The van der Waals surface area contributed by atoms with Gasteiger partial charge in [-0.3, -0.25) is 4.79 Å². The van der Waals surface area contributed by atoms with E-state index in [-0.39, 0.29) is 6.42 Å². The zero-order chi connectivity index (χ0) is 14.9. The van der Waals surface area contributed by atoms with Gasteiger partial charge < -0.3 is 5.11 Å². The summed E-state index contributed by atoms with van der Waals surface area (Å²) < 4.78 is 0. The summed E-state index contributed by atoms with van der Waals surface area (Å²) in [5.41, 5.74) is 0. The zero-order valence-electron chi connectivity index (χ0n) is 13.3. The maximum atomic E-state index is 10.3. The molecule has 20 heavy (non-hydrogen) atoms. The number of unbranched alkanes of at least 4 members (excludes halogenated alkanes) is 11. The predicted octanol–water partition coefficient (Wildman–Crippen LogP) is 5.56. The fourth-order valence-electron chi connectivity index (χ4n) is 2.21. The summed E-state index contributed by atoms with van der Waals surface area (Å²) in [7, 11) is 0. The van der Waals surface area contributed by atoms with Crippen LogP contribution in [0.15, 0.2) is 0 Å². The Morgan fingerprint density at radius 2 is 1.20 bits per heavy atom. The molecule has 0 fully saturated rings. The lowest BCUT2D eigenvalue weighted by atomic mass is 10.1. The fourth-order valence-corrected chi connectivity index (χ4v) is 2.21. The summed E-state index contributed by atoms with van der Waals surface area (Å²) in [5, 5.41) is 8.47. The van der Waals surface area contributed by atoms with E-state index in [1.54, 1.807) is 0 Å². The number of carboxylic acid groups (broad SMARTS) is 1. The summed E-state index contributed by atoms with van der Waals surface area (Å²) in [6, 6.07) is 0. The normalized spacial score (nSPS) is 10.1. The molecule has 1 N–H and O–H groups in total. The second-order valence-electron chi connectivity index (χ2n) is 5.53. The minimum Gasteiger partial charge on any atom is -0.481 e. The molecule has 0 rings (SSSR count). The van der Waals surface area contributed by atoms with Crippen molar-refractivity contribution in [3.05, 3.63) is 0 Å². The molecule has 0 aliphatic rings. The Bertz CT molecular complexity index is 273. The molecule has 0 unspecified atom stereocenters. The molecular formula is C18H32O2. The molecule has 0 spiro atoms. The fraction of sp³-hybridized carbons (Fsp3) is 0.833. The van der Waals surface area contributed by atoms with Crippen molar-refractivity contribution in [1.82, 2.24) is 0 Å². The number of carbonyl (C=O) groups is 1. The van der Waals surface area contributed by atoms with Gasteiger partial charge in [0, 0.05) is 19.3 Å². The van der Waals surface area contributed by atoms with E-state index < -0.39 is 5.97 Å². The Hall–Kier alpha value is -0.970. The van der Waals surface area contributed by atoms with E-state index in [2.05, 4.69) is 18.8 Å². The van der Waals surface area contributed by atoms with Crippen molar-refractivity contribution in [2.45, 2.75) is 96.8 Å². The van der Waals surface area contributed by atoms with Gasteiger partial charge in [0.1, 0.15) is 0 Å². The summed E-state index contributed by atoms with van der Waals surface area (Å²) in [4.78, 5) is 10.3. The van der Waals surface area contributed by atoms with Gasteiger partial charge in [0.25, 0.3) is 0 Å². The van der Waals surface area contributed by atoms with Gasteiger partial charge in [0.15, 0.2) is 0 Å². The minimum absolute atomic E-state index is 0.243. The van der Waals surface area contributed by atoms with E-state index >= 15 is 0 Å². The molecule has 0 heterocycles. The molecule has 2 nitrogen and oxygen atoms in total. The molecule has 116 valence electrons. The van der Waals surface area contributed by atoms with Crippen LogP contribution in [0.1, 0.15) is 96.8 Å². The quantitative estimate of drug-likeness (QED) is 0.354. The Kier molecular flexibility index (Phi) is 15.3. The maximum Gasteiger partial charge on any atom is 0.303 e. The molecule has 0 aliphatic heterocycles. The number of hydrogen-bond acceptors (Lipinski definition) is 1. The molecule has 0 amide bonds. The third-order valence-electron chi connectivity index (χ3n) is 3.47. The van der Waals surface area contributed by atoms with E-state index in [0.29, 0.717) is 6.42 Å². The minimum atomic E-state index is -0.721. The summed E-state index contributed by atoms with van der Waals surface area (Å²) in [6.45, 7) is 2.26. The van der Waals surface area contributed by atoms with Crippen LogP contribution in [0, 0.1) is 11.8 Å². The van der Waals surface area contributed by atoms with Crippen LogP contribution in [0.3, 0.4) is 0 Å². The van der Waals surface area contributed by atoms with Crippen LogP contribution < -0.4 is 0 Å². The molecule has 0 saturated carbocycles. The van der Waals surface area contributed by atoms with Crippen molar-refractivity contribution in [1.29, 1.82) is 0 Å². The lowest BCUT2D eigenvalue weighted by Crippen LogP contribution is -1.92. The van der Waals surface area contributed by atoms with Crippen LogP contribution in [-0.2, 0) is 4.79 Å². The lowest BCUT2D eigenvalue weighted by Gasteiger charge is -2.00. The van der Waals surface area contributed by atoms with Crippen molar-refractivity contribution >= 4 is 5.97 Å². The van der Waals surface area contributed by atoms with Gasteiger partial charge in [-0.25, -0.2) is 0 Å². The summed E-state index contributed by atoms with van der Waals surface area (Å²) in [6.07, 6.45) is 16.2. The largest absolute Gasteiger partial charge is 0.481 e. The van der Waals surface area contributed by atoms with Crippen molar-refractivity contribution in [2.75, 3.05) is 0 Å². The Labute approximate surface area is 125 Å². The van der Waals surface area contributed by atoms with E-state index in [1.165, 1.54) is 64.2 Å². The number of hydrogen-bond donors (Lipinski definition) is 1. The smallest absolute Gasteiger partial charge is 0.303 e. The Balaban J connectivity index is 3.09. The Morgan fingerprint density at radius 3 is 1.70 bits per heavy atom. The zero-order valence-corrected chi connectivity index (χ0v) is 13.3. The van der Waals surface area contributed by atoms with E-state index in [4.69, 9.17) is 5.11 Å². The molecule has 0 radical (unpaired) electrons. The van der Waals surface area contributed by atoms with Crippen LogP contribution >= 0.6 is 0 Å². The van der Waals surface area contributed by atoms with Gasteiger partial charge in [-0.1, -0.05) is 64.7 Å². The first-order chi connectivity index (χ1) is 9.77. The highest BCUT2D eigenvalue weighted by atomic mass is 16.4. The number of rotatable bonds is 13.